The van der Waals surface area contributed by atoms with Crippen molar-refractivity contribution in [3.8, 4) is 11.5 Å². The molecule has 0 aromatic heterocycles. The Balaban J connectivity index is 1.82. The lowest BCUT2D eigenvalue weighted by molar-refractivity contribution is -0.199. The van der Waals surface area contributed by atoms with Crippen molar-refractivity contribution in [2.75, 3.05) is 0 Å². The first-order valence-electron chi connectivity index (χ1n) is 8.53. The molecular weight excluding hydrogens is 312 g/mol. The fraction of sp³-hybridized carbons (Fsp3) is 0.667. The van der Waals surface area contributed by atoms with E-state index in [0.29, 0.717) is 25.7 Å². The van der Waals surface area contributed by atoms with Gasteiger partial charge in [0.05, 0.1) is 6.10 Å². The molecule has 0 spiro atoms. The van der Waals surface area contributed by atoms with E-state index < -0.39 is 29.3 Å². The topological polar surface area (TPSA) is 121 Å². The zero-order valence-electron chi connectivity index (χ0n) is 13.6. The third-order valence-electron chi connectivity index (χ3n) is 7.05. The minimum atomic E-state index is -1.58. The van der Waals surface area contributed by atoms with Gasteiger partial charge in [0.1, 0.15) is 17.8 Å². The molecule has 0 saturated heterocycles. The predicted octanol–water partition coefficient (Wildman–Crippen LogP) is 0.371. The van der Waals surface area contributed by atoms with Gasteiger partial charge in [-0.3, -0.25) is 0 Å². The molecule has 4 rings (SSSR count). The molecule has 0 radical (unpaired) electrons. The molecule has 6 N–H and O–H groups in total. The minimum absolute atomic E-state index is 0.0922. The Morgan fingerprint density at radius 2 is 1.67 bits per heavy atom. The molecular formula is C18H24O6. The number of aromatic hydroxyl groups is 2. The van der Waals surface area contributed by atoms with E-state index in [1.54, 1.807) is 19.1 Å². The first-order valence-corrected chi connectivity index (χ1v) is 8.53. The molecule has 3 aliphatic rings. The Labute approximate surface area is 140 Å². The van der Waals surface area contributed by atoms with Crippen LogP contribution in [0.3, 0.4) is 0 Å². The Bertz CT molecular complexity index is 690. The maximum absolute atomic E-state index is 11.4. The van der Waals surface area contributed by atoms with E-state index in [-0.39, 0.29) is 23.3 Å². The summed E-state index contributed by atoms with van der Waals surface area (Å²) >= 11 is 0. The van der Waals surface area contributed by atoms with Gasteiger partial charge < -0.3 is 30.6 Å². The highest BCUT2D eigenvalue weighted by atomic mass is 16.4. The van der Waals surface area contributed by atoms with Crippen LogP contribution in [-0.2, 0) is 6.42 Å². The van der Waals surface area contributed by atoms with Crippen LogP contribution < -0.4 is 0 Å². The normalized spacial score (nSPS) is 47.0. The molecule has 2 saturated carbocycles. The number of benzene rings is 1. The summed E-state index contributed by atoms with van der Waals surface area (Å²) in [5.41, 5.74) is -0.740. The van der Waals surface area contributed by atoms with Gasteiger partial charge >= 0.3 is 0 Å². The highest BCUT2D eigenvalue weighted by Crippen LogP contribution is 2.63. The summed E-state index contributed by atoms with van der Waals surface area (Å²) in [5, 5.41) is 62.1. The fourth-order valence-corrected chi connectivity index (χ4v) is 5.64. The molecule has 6 heteroatoms. The van der Waals surface area contributed by atoms with Crippen LogP contribution >= 0.6 is 0 Å². The summed E-state index contributed by atoms with van der Waals surface area (Å²) in [6, 6.07) is 3.11. The quantitative estimate of drug-likeness (QED) is 0.381. The molecule has 0 bridgehead atoms. The average molecular weight is 336 g/mol. The van der Waals surface area contributed by atoms with Crippen LogP contribution in [0.4, 0.5) is 0 Å². The van der Waals surface area contributed by atoms with Gasteiger partial charge in [-0.1, -0.05) is 6.92 Å². The lowest BCUT2D eigenvalue weighted by Crippen LogP contribution is -2.62. The minimum Gasteiger partial charge on any atom is -0.504 e. The van der Waals surface area contributed by atoms with Crippen LogP contribution in [0.1, 0.15) is 43.2 Å². The Morgan fingerprint density at radius 1 is 1.00 bits per heavy atom. The van der Waals surface area contributed by atoms with E-state index in [4.69, 9.17) is 0 Å². The van der Waals surface area contributed by atoms with Crippen molar-refractivity contribution in [2.24, 2.45) is 11.3 Å². The van der Waals surface area contributed by atoms with Crippen LogP contribution in [0.5, 0.6) is 11.5 Å². The van der Waals surface area contributed by atoms with Gasteiger partial charge in [-0.2, -0.15) is 0 Å². The Morgan fingerprint density at radius 3 is 2.38 bits per heavy atom. The van der Waals surface area contributed by atoms with Crippen molar-refractivity contribution in [3.05, 3.63) is 23.3 Å². The molecule has 132 valence electrons. The molecule has 0 aliphatic heterocycles. The van der Waals surface area contributed by atoms with Crippen molar-refractivity contribution >= 4 is 0 Å². The maximum atomic E-state index is 11.4. The average Bonchev–Trinajstić information content (AvgIpc) is 2.69. The molecule has 2 fully saturated rings. The first kappa shape index (κ1) is 16.1. The van der Waals surface area contributed by atoms with Gasteiger partial charge in [-0.25, -0.2) is 0 Å². The number of rotatable bonds is 0. The maximum Gasteiger partial charge on any atom is 0.157 e. The number of hydrogen-bond donors (Lipinski definition) is 6. The second-order valence-corrected chi connectivity index (χ2v) is 7.95. The molecule has 7 atom stereocenters. The molecule has 6 nitrogen and oxygen atoms in total. The number of aliphatic hydroxyl groups excluding tert-OH is 3. The van der Waals surface area contributed by atoms with Gasteiger partial charge in [0.25, 0.3) is 0 Å². The summed E-state index contributed by atoms with van der Waals surface area (Å²) in [4.78, 5) is 0. The summed E-state index contributed by atoms with van der Waals surface area (Å²) in [6.45, 7) is 1.73. The second kappa shape index (κ2) is 4.85. The second-order valence-electron chi connectivity index (χ2n) is 7.95. The largest absolute Gasteiger partial charge is 0.504 e. The molecule has 0 amide bonds. The van der Waals surface area contributed by atoms with Gasteiger partial charge in [0.2, 0.25) is 0 Å². The van der Waals surface area contributed by atoms with Crippen molar-refractivity contribution in [1.82, 2.24) is 0 Å². The molecule has 0 unspecified atom stereocenters. The highest BCUT2D eigenvalue weighted by molar-refractivity contribution is 5.49. The number of aryl methyl sites for hydroxylation is 1. The monoisotopic (exact) mass is 336 g/mol. The number of phenols is 2. The summed E-state index contributed by atoms with van der Waals surface area (Å²) in [7, 11) is 0. The number of fused-ring (bicyclic) bond motifs is 5. The van der Waals surface area contributed by atoms with Gasteiger partial charge in [-0.05, 0) is 60.8 Å². The summed E-state index contributed by atoms with van der Waals surface area (Å²) in [5.74, 6) is -0.764. The first-order chi connectivity index (χ1) is 11.2. The fourth-order valence-electron chi connectivity index (χ4n) is 5.64. The van der Waals surface area contributed by atoms with E-state index >= 15 is 0 Å². The van der Waals surface area contributed by atoms with Gasteiger partial charge in [0, 0.05) is 5.41 Å². The molecule has 1 aromatic rings. The third-order valence-corrected chi connectivity index (χ3v) is 7.05. The van der Waals surface area contributed by atoms with Crippen molar-refractivity contribution in [3.63, 3.8) is 0 Å². The van der Waals surface area contributed by atoms with Gasteiger partial charge in [0.15, 0.2) is 11.5 Å². The van der Waals surface area contributed by atoms with E-state index in [2.05, 4.69) is 0 Å². The van der Waals surface area contributed by atoms with Crippen LogP contribution in [0.25, 0.3) is 0 Å². The summed E-state index contributed by atoms with van der Waals surface area (Å²) in [6.07, 6.45) is -1.62. The molecule has 0 heterocycles. The summed E-state index contributed by atoms with van der Waals surface area (Å²) < 4.78 is 0. The van der Waals surface area contributed by atoms with Crippen LogP contribution in [0.2, 0.25) is 0 Å². The lowest BCUT2D eigenvalue weighted by atomic mass is 9.52. The number of hydrogen-bond acceptors (Lipinski definition) is 6. The van der Waals surface area contributed by atoms with Crippen molar-refractivity contribution < 1.29 is 30.6 Å². The zero-order chi connectivity index (χ0) is 17.4. The Hall–Kier alpha value is -1.34. The standard InChI is InChI=1S/C18H24O6/c1-17-5-4-9-10-7-13(20)12(19)6-8(10)2-3-11(9)18(17,24)16(23)14(21)15(17)22/h6-7,9,11,14-16,19-24H,2-5H2,1H3/t9-,11-,14-,15-,16-,17-,18-/m1/s1. The van der Waals surface area contributed by atoms with E-state index in [0.717, 1.165) is 11.1 Å². The molecule has 1 aromatic carbocycles. The Kier molecular flexibility index (Phi) is 3.26. The number of phenolic OH excluding ortho intramolecular Hbond substituents is 2. The van der Waals surface area contributed by atoms with Crippen LogP contribution in [0, 0.1) is 11.3 Å². The van der Waals surface area contributed by atoms with E-state index in [9.17, 15) is 30.6 Å². The molecule has 24 heavy (non-hydrogen) atoms. The van der Waals surface area contributed by atoms with Crippen LogP contribution in [-0.4, -0.2) is 54.6 Å². The predicted molar refractivity (Wildman–Crippen MR) is 84.6 cm³/mol. The van der Waals surface area contributed by atoms with E-state index in [1.165, 1.54) is 0 Å². The van der Waals surface area contributed by atoms with Crippen molar-refractivity contribution in [1.29, 1.82) is 0 Å². The van der Waals surface area contributed by atoms with Crippen LogP contribution in [0.15, 0.2) is 12.1 Å². The highest BCUT2D eigenvalue weighted by Gasteiger charge is 2.71. The number of aliphatic hydroxyl groups is 4. The third kappa shape index (κ3) is 1.69. The van der Waals surface area contributed by atoms with Crippen molar-refractivity contribution in [2.45, 2.75) is 62.4 Å². The van der Waals surface area contributed by atoms with Gasteiger partial charge in [-0.15, -0.1) is 0 Å². The smallest absolute Gasteiger partial charge is 0.157 e. The lowest BCUT2D eigenvalue weighted by Gasteiger charge is -2.55. The zero-order valence-corrected chi connectivity index (χ0v) is 13.6. The van der Waals surface area contributed by atoms with E-state index in [1.807, 2.05) is 0 Å². The molecule has 3 aliphatic carbocycles. The SMILES string of the molecule is C[C@]12CC[C@@H]3c4cc(O)c(O)cc4CC[C@H]3[C@@]1(O)[C@H](O)[C@H](O)[C@H]2O.